The van der Waals surface area contributed by atoms with Gasteiger partial charge in [-0.15, -0.1) is 0 Å². The van der Waals surface area contributed by atoms with Gasteiger partial charge in [0.25, 0.3) is 0 Å². The van der Waals surface area contributed by atoms with E-state index in [2.05, 4.69) is 20.2 Å². The number of methoxy groups -OCH3 is 1. The molecule has 1 amide bonds. The molecule has 0 bridgehead atoms. The highest BCUT2D eigenvalue weighted by molar-refractivity contribution is 5.94. The van der Waals surface area contributed by atoms with Crippen molar-refractivity contribution in [3.63, 3.8) is 0 Å². The number of aryl methyl sites for hydroxylation is 2. The zero-order valence-electron chi connectivity index (χ0n) is 15.0. The van der Waals surface area contributed by atoms with Gasteiger partial charge in [0.1, 0.15) is 5.75 Å². The molecule has 1 aliphatic rings. The van der Waals surface area contributed by atoms with Crippen LogP contribution >= 0.6 is 0 Å². The summed E-state index contributed by atoms with van der Waals surface area (Å²) in [7, 11) is 1.60. The van der Waals surface area contributed by atoms with Crippen molar-refractivity contribution in [2.75, 3.05) is 30.4 Å². The predicted molar refractivity (Wildman–Crippen MR) is 98.1 cm³/mol. The normalized spacial score (nSPS) is 17.2. The number of ether oxygens (including phenoxy) is 1. The number of para-hydroxylation sites is 2. The summed E-state index contributed by atoms with van der Waals surface area (Å²) in [6.07, 6.45) is 1.81. The van der Waals surface area contributed by atoms with E-state index in [0.717, 1.165) is 30.8 Å². The number of nitrogens with one attached hydrogen (secondary N) is 1. The molecule has 2 aromatic rings. The number of carbonyl (C=O) groups excluding carboxylic acids is 1. The molecule has 2 heterocycles. The SMILES string of the molecule is COc1ccccc1NC(=O)[C@H]1CCCN(c2nc(C)cc(C)n2)C1. The maximum atomic E-state index is 12.7. The molecule has 1 aromatic heterocycles. The van der Waals surface area contributed by atoms with E-state index in [1.807, 2.05) is 44.2 Å². The molecule has 0 aliphatic carbocycles. The van der Waals surface area contributed by atoms with E-state index in [0.29, 0.717) is 23.9 Å². The van der Waals surface area contributed by atoms with E-state index in [9.17, 15) is 4.79 Å². The van der Waals surface area contributed by atoms with Crippen molar-refractivity contribution in [3.05, 3.63) is 41.7 Å². The Hall–Kier alpha value is -2.63. The van der Waals surface area contributed by atoms with Crippen molar-refractivity contribution in [2.24, 2.45) is 5.92 Å². The Kier molecular flexibility index (Phi) is 5.16. The van der Waals surface area contributed by atoms with Crippen LogP contribution in [0.2, 0.25) is 0 Å². The number of hydrogen-bond acceptors (Lipinski definition) is 5. The van der Waals surface area contributed by atoms with Crippen LogP contribution < -0.4 is 15.0 Å². The Labute approximate surface area is 148 Å². The molecule has 0 radical (unpaired) electrons. The van der Waals surface area contributed by atoms with Crippen LogP contribution in [-0.2, 0) is 4.79 Å². The van der Waals surface area contributed by atoms with Crippen molar-refractivity contribution >= 4 is 17.5 Å². The van der Waals surface area contributed by atoms with Gasteiger partial charge in [0, 0.05) is 24.5 Å². The lowest BCUT2D eigenvalue weighted by molar-refractivity contribution is -0.120. The van der Waals surface area contributed by atoms with Gasteiger partial charge < -0.3 is 15.0 Å². The molecule has 0 unspecified atom stereocenters. The van der Waals surface area contributed by atoms with Crippen molar-refractivity contribution in [1.29, 1.82) is 0 Å². The fourth-order valence-corrected chi connectivity index (χ4v) is 3.20. The molecular weight excluding hydrogens is 316 g/mol. The number of anilines is 2. The average Bonchev–Trinajstić information content (AvgIpc) is 2.61. The first-order chi connectivity index (χ1) is 12.1. The van der Waals surface area contributed by atoms with Crippen molar-refractivity contribution in [3.8, 4) is 5.75 Å². The van der Waals surface area contributed by atoms with E-state index in [1.54, 1.807) is 7.11 Å². The van der Waals surface area contributed by atoms with E-state index < -0.39 is 0 Å². The second kappa shape index (κ2) is 7.51. The van der Waals surface area contributed by atoms with Gasteiger partial charge in [-0.1, -0.05) is 12.1 Å². The lowest BCUT2D eigenvalue weighted by Gasteiger charge is -2.32. The van der Waals surface area contributed by atoms with Gasteiger partial charge in [0.15, 0.2) is 0 Å². The number of nitrogens with zero attached hydrogens (tertiary/aromatic N) is 3. The minimum Gasteiger partial charge on any atom is -0.495 e. The first-order valence-corrected chi connectivity index (χ1v) is 8.58. The molecule has 0 spiro atoms. The molecule has 1 N–H and O–H groups in total. The monoisotopic (exact) mass is 340 g/mol. The highest BCUT2D eigenvalue weighted by atomic mass is 16.5. The van der Waals surface area contributed by atoms with Gasteiger partial charge in [-0.2, -0.15) is 0 Å². The van der Waals surface area contributed by atoms with E-state index in [-0.39, 0.29) is 11.8 Å². The summed E-state index contributed by atoms with van der Waals surface area (Å²) in [5.41, 5.74) is 2.60. The third kappa shape index (κ3) is 4.07. The van der Waals surface area contributed by atoms with Gasteiger partial charge in [0.2, 0.25) is 11.9 Å². The fraction of sp³-hybridized carbons (Fsp3) is 0.421. The maximum absolute atomic E-state index is 12.7. The van der Waals surface area contributed by atoms with Crippen LogP contribution in [0, 0.1) is 19.8 Å². The van der Waals surface area contributed by atoms with Gasteiger partial charge in [-0.25, -0.2) is 9.97 Å². The molecule has 1 fully saturated rings. The molecular formula is C19H24N4O2. The van der Waals surface area contributed by atoms with Gasteiger partial charge in [0.05, 0.1) is 18.7 Å². The Balaban J connectivity index is 1.71. The lowest BCUT2D eigenvalue weighted by Crippen LogP contribution is -2.41. The zero-order valence-corrected chi connectivity index (χ0v) is 15.0. The van der Waals surface area contributed by atoms with Crippen molar-refractivity contribution < 1.29 is 9.53 Å². The minimum atomic E-state index is -0.0944. The van der Waals surface area contributed by atoms with Crippen LogP contribution in [0.15, 0.2) is 30.3 Å². The van der Waals surface area contributed by atoms with Crippen molar-refractivity contribution in [2.45, 2.75) is 26.7 Å². The summed E-state index contributed by atoms with van der Waals surface area (Å²) < 4.78 is 5.31. The molecule has 6 nitrogen and oxygen atoms in total. The largest absolute Gasteiger partial charge is 0.495 e. The second-order valence-corrected chi connectivity index (χ2v) is 6.43. The van der Waals surface area contributed by atoms with Gasteiger partial charge in [-0.05, 0) is 44.9 Å². The molecule has 3 rings (SSSR count). The van der Waals surface area contributed by atoms with Crippen LogP contribution in [0.3, 0.4) is 0 Å². The summed E-state index contributed by atoms with van der Waals surface area (Å²) in [4.78, 5) is 23.9. The number of rotatable bonds is 4. The summed E-state index contributed by atoms with van der Waals surface area (Å²) >= 11 is 0. The number of hydrogen-bond donors (Lipinski definition) is 1. The Morgan fingerprint density at radius 3 is 2.68 bits per heavy atom. The summed E-state index contributed by atoms with van der Waals surface area (Å²) in [6.45, 7) is 5.44. The molecule has 6 heteroatoms. The first kappa shape index (κ1) is 17.2. The van der Waals surface area contributed by atoms with E-state index in [4.69, 9.17) is 4.74 Å². The molecule has 132 valence electrons. The lowest BCUT2D eigenvalue weighted by atomic mass is 9.97. The third-order valence-corrected chi connectivity index (χ3v) is 4.41. The van der Waals surface area contributed by atoms with Crippen LogP contribution in [0.1, 0.15) is 24.2 Å². The second-order valence-electron chi connectivity index (χ2n) is 6.43. The summed E-state index contributed by atoms with van der Waals surface area (Å²) in [6, 6.07) is 9.42. The molecule has 1 aromatic carbocycles. The topological polar surface area (TPSA) is 67.3 Å². The molecule has 0 saturated carbocycles. The van der Waals surface area contributed by atoms with E-state index >= 15 is 0 Å². The zero-order chi connectivity index (χ0) is 17.8. The fourth-order valence-electron chi connectivity index (χ4n) is 3.20. The number of aromatic nitrogens is 2. The predicted octanol–water partition coefficient (Wildman–Crippen LogP) is 2.96. The van der Waals surface area contributed by atoms with Crippen LogP contribution in [-0.4, -0.2) is 36.1 Å². The minimum absolute atomic E-state index is 0.0126. The first-order valence-electron chi connectivity index (χ1n) is 8.58. The summed E-state index contributed by atoms with van der Waals surface area (Å²) in [5.74, 6) is 1.30. The Morgan fingerprint density at radius 1 is 1.24 bits per heavy atom. The number of amides is 1. The van der Waals surface area contributed by atoms with Gasteiger partial charge >= 0.3 is 0 Å². The van der Waals surface area contributed by atoms with Crippen LogP contribution in [0.25, 0.3) is 0 Å². The van der Waals surface area contributed by atoms with Crippen molar-refractivity contribution in [1.82, 2.24) is 9.97 Å². The number of carbonyl (C=O) groups is 1. The highest BCUT2D eigenvalue weighted by Crippen LogP contribution is 2.26. The highest BCUT2D eigenvalue weighted by Gasteiger charge is 2.27. The standard InChI is InChI=1S/C19H24N4O2/c1-13-11-14(2)21-19(20-13)23-10-6-7-15(12-23)18(24)22-16-8-4-5-9-17(16)25-3/h4-5,8-9,11,15H,6-7,10,12H2,1-3H3,(H,22,24)/t15-/m0/s1. The quantitative estimate of drug-likeness (QED) is 0.927. The maximum Gasteiger partial charge on any atom is 0.229 e. The summed E-state index contributed by atoms with van der Waals surface area (Å²) in [5, 5.41) is 2.99. The van der Waals surface area contributed by atoms with Crippen LogP contribution in [0.5, 0.6) is 5.75 Å². The Bertz CT molecular complexity index is 743. The van der Waals surface area contributed by atoms with Crippen LogP contribution in [0.4, 0.5) is 11.6 Å². The third-order valence-electron chi connectivity index (χ3n) is 4.41. The number of piperidine rings is 1. The molecule has 1 saturated heterocycles. The number of benzene rings is 1. The van der Waals surface area contributed by atoms with Gasteiger partial charge in [-0.3, -0.25) is 4.79 Å². The average molecular weight is 340 g/mol. The molecule has 1 aliphatic heterocycles. The smallest absolute Gasteiger partial charge is 0.229 e. The van der Waals surface area contributed by atoms with E-state index in [1.165, 1.54) is 0 Å². The molecule has 1 atom stereocenters. The molecule has 25 heavy (non-hydrogen) atoms. The Morgan fingerprint density at radius 2 is 1.96 bits per heavy atom.